The van der Waals surface area contributed by atoms with Gasteiger partial charge in [0.05, 0.1) is 15.2 Å². The Balaban J connectivity index is 2.57. The van der Waals surface area contributed by atoms with E-state index in [9.17, 15) is 15.2 Å². The highest BCUT2D eigenvalue weighted by atomic mass is 32.1. The largest absolute Gasteiger partial charge is 0.507 e. The minimum Gasteiger partial charge on any atom is -0.507 e. The minimum atomic E-state index is -0.527. The monoisotopic (exact) mass is 250 g/mol. The van der Waals surface area contributed by atoms with E-state index >= 15 is 0 Å². The number of phenolic OH excluding ortho intramolecular Hbond substituents is 1. The molecule has 0 fully saturated rings. The van der Waals surface area contributed by atoms with Crippen LogP contribution in [0.2, 0.25) is 0 Å². The summed E-state index contributed by atoms with van der Waals surface area (Å²) in [7, 11) is 0. The molecule has 0 unspecified atom stereocenters. The number of hydrogen-bond acceptors (Lipinski definition) is 5. The van der Waals surface area contributed by atoms with Crippen molar-refractivity contribution in [3.8, 4) is 16.2 Å². The van der Waals surface area contributed by atoms with Gasteiger partial charge in [0, 0.05) is 5.56 Å². The fraction of sp³-hybridized carbons (Fsp3) is 0.0909. The number of hydrogen-bond donors (Lipinski definition) is 2. The van der Waals surface area contributed by atoms with Crippen molar-refractivity contribution in [3.05, 3.63) is 39.3 Å². The first kappa shape index (κ1) is 11.4. The van der Waals surface area contributed by atoms with Crippen molar-refractivity contribution >= 4 is 22.7 Å². The van der Waals surface area contributed by atoms with Gasteiger partial charge in [-0.3, -0.25) is 10.1 Å². The lowest BCUT2D eigenvalue weighted by Crippen LogP contribution is -1.93. The zero-order chi connectivity index (χ0) is 12.6. The summed E-state index contributed by atoms with van der Waals surface area (Å²) in [4.78, 5) is 10.7. The van der Waals surface area contributed by atoms with Gasteiger partial charge >= 0.3 is 5.69 Å². The Hall–Kier alpha value is -2.08. The van der Waals surface area contributed by atoms with Crippen molar-refractivity contribution in [2.75, 3.05) is 5.73 Å². The molecule has 5 nitrogen and oxygen atoms in total. The van der Waals surface area contributed by atoms with Gasteiger partial charge in [0.25, 0.3) is 0 Å². The predicted octanol–water partition coefficient (Wildman–Crippen LogP) is 2.92. The van der Waals surface area contributed by atoms with E-state index in [1.165, 1.54) is 5.38 Å². The van der Waals surface area contributed by atoms with E-state index in [4.69, 9.17) is 5.73 Å². The predicted molar refractivity (Wildman–Crippen MR) is 67.2 cm³/mol. The Bertz CT molecular complexity index is 592. The Kier molecular flexibility index (Phi) is 2.72. The Morgan fingerprint density at radius 3 is 2.71 bits per heavy atom. The van der Waals surface area contributed by atoms with E-state index in [1.54, 1.807) is 12.1 Å². The number of nitrogen functional groups attached to an aromatic ring is 1. The number of thiophene rings is 1. The number of nitrogens with zero attached hydrogens (tertiary/aromatic N) is 1. The maximum atomic E-state index is 10.7. The molecule has 0 saturated carbocycles. The molecule has 1 aromatic carbocycles. The molecule has 2 rings (SSSR count). The third-order valence-electron chi connectivity index (χ3n) is 2.40. The number of phenols is 1. The molecular weight excluding hydrogens is 240 g/mol. The quantitative estimate of drug-likeness (QED) is 0.633. The van der Waals surface area contributed by atoms with E-state index in [-0.39, 0.29) is 17.1 Å². The fourth-order valence-corrected chi connectivity index (χ4v) is 2.52. The molecule has 6 heteroatoms. The summed E-state index contributed by atoms with van der Waals surface area (Å²) < 4.78 is 0. The van der Waals surface area contributed by atoms with Crippen LogP contribution in [0.4, 0.5) is 11.4 Å². The van der Waals surface area contributed by atoms with Crippen molar-refractivity contribution < 1.29 is 10.0 Å². The molecule has 0 radical (unpaired) electrons. The van der Waals surface area contributed by atoms with Crippen molar-refractivity contribution in [2.45, 2.75) is 6.92 Å². The molecule has 0 bridgehead atoms. The average molecular weight is 250 g/mol. The van der Waals surface area contributed by atoms with Crippen LogP contribution in [0.1, 0.15) is 5.56 Å². The highest BCUT2D eigenvalue weighted by Crippen LogP contribution is 2.42. The lowest BCUT2D eigenvalue weighted by molar-refractivity contribution is -0.383. The second-order valence-electron chi connectivity index (χ2n) is 3.64. The summed E-state index contributed by atoms with van der Waals surface area (Å²) in [6.07, 6.45) is 0. The molecule has 88 valence electrons. The van der Waals surface area contributed by atoms with Crippen LogP contribution in [-0.4, -0.2) is 10.0 Å². The molecule has 1 aromatic heterocycles. The van der Waals surface area contributed by atoms with E-state index in [1.807, 2.05) is 13.0 Å². The molecule has 0 aliphatic carbocycles. The normalized spacial score (nSPS) is 10.4. The molecule has 3 N–H and O–H groups in total. The summed E-state index contributed by atoms with van der Waals surface area (Å²) in [5.74, 6) is 0.0773. The lowest BCUT2D eigenvalue weighted by Gasteiger charge is -2.03. The van der Waals surface area contributed by atoms with E-state index in [0.717, 1.165) is 16.9 Å². The Morgan fingerprint density at radius 2 is 2.18 bits per heavy atom. The lowest BCUT2D eigenvalue weighted by atomic mass is 10.1. The van der Waals surface area contributed by atoms with Crippen LogP contribution in [0.5, 0.6) is 5.75 Å². The third kappa shape index (κ3) is 1.94. The highest BCUT2D eigenvalue weighted by Gasteiger charge is 2.20. The second-order valence-corrected chi connectivity index (χ2v) is 4.52. The minimum absolute atomic E-state index is 0.0773. The number of nitro groups is 1. The summed E-state index contributed by atoms with van der Waals surface area (Å²) >= 11 is 1.15. The van der Waals surface area contributed by atoms with E-state index < -0.39 is 4.92 Å². The summed E-state index contributed by atoms with van der Waals surface area (Å²) in [5.41, 5.74) is 7.11. The maximum absolute atomic E-state index is 10.7. The van der Waals surface area contributed by atoms with Gasteiger partial charge in [-0.25, -0.2) is 0 Å². The number of aryl methyl sites for hydroxylation is 1. The van der Waals surface area contributed by atoms with Crippen LogP contribution in [-0.2, 0) is 0 Å². The number of aromatic hydroxyl groups is 1. The van der Waals surface area contributed by atoms with Gasteiger partial charge in [-0.2, -0.15) is 0 Å². The molecule has 2 aromatic rings. The Labute approximate surface area is 101 Å². The van der Waals surface area contributed by atoms with Gasteiger partial charge in [0.1, 0.15) is 11.4 Å². The molecule has 0 spiro atoms. The molecule has 0 aliphatic rings. The zero-order valence-electron chi connectivity index (χ0n) is 9.01. The van der Waals surface area contributed by atoms with Crippen molar-refractivity contribution in [1.29, 1.82) is 0 Å². The van der Waals surface area contributed by atoms with Crippen LogP contribution in [0, 0.1) is 17.0 Å². The third-order valence-corrected chi connectivity index (χ3v) is 3.42. The van der Waals surface area contributed by atoms with Crippen LogP contribution in [0.15, 0.2) is 23.6 Å². The molecular formula is C11H10N2O3S. The smallest absolute Gasteiger partial charge is 0.303 e. The zero-order valence-corrected chi connectivity index (χ0v) is 9.82. The molecule has 0 saturated heterocycles. The van der Waals surface area contributed by atoms with Crippen LogP contribution < -0.4 is 5.73 Å². The molecule has 0 amide bonds. The first-order valence-electron chi connectivity index (χ1n) is 4.82. The number of anilines is 1. The van der Waals surface area contributed by atoms with Crippen molar-refractivity contribution in [2.24, 2.45) is 0 Å². The standard InChI is InChI=1S/C11H10N2O3S/c1-6-2-3-7(9(14)4-6)11-10(12)8(5-17-11)13(15)16/h2-5,14H,12H2,1H3. The molecule has 0 aliphatic heterocycles. The molecule has 17 heavy (non-hydrogen) atoms. The number of benzene rings is 1. The van der Waals surface area contributed by atoms with Gasteiger partial charge in [0.2, 0.25) is 0 Å². The first-order chi connectivity index (χ1) is 8.00. The fourth-order valence-electron chi connectivity index (χ4n) is 1.54. The summed E-state index contributed by atoms with van der Waals surface area (Å²) in [6.45, 7) is 1.85. The van der Waals surface area contributed by atoms with Crippen LogP contribution in [0.25, 0.3) is 10.4 Å². The van der Waals surface area contributed by atoms with Gasteiger partial charge in [-0.1, -0.05) is 6.07 Å². The van der Waals surface area contributed by atoms with Crippen LogP contribution in [0.3, 0.4) is 0 Å². The Morgan fingerprint density at radius 1 is 1.47 bits per heavy atom. The number of rotatable bonds is 2. The van der Waals surface area contributed by atoms with Gasteiger partial charge in [-0.05, 0) is 24.6 Å². The average Bonchev–Trinajstić information content (AvgIpc) is 2.60. The SMILES string of the molecule is Cc1ccc(-c2scc([N+](=O)[O-])c2N)c(O)c1. The van der Waals surface area contributed by atoms with Crippen molar-refractivity contribution in [3.63, 3.8) is 0 Å². The summed E-state index contributed by atoms with van der Waals surface area (Å²) in [6, 6.07) is 5.12. The number of nitrogens with two attached hydrogens (primary N) is 1. The molecule has 1 heterocycles. The van der Waals surface area contributed by atoms with Gasteiger partial charge < -0.3 is 10.8 Å². The second kappa shape index (κ2) is 4.06. The van der Waals surface area contributed by atoms with E-state index in [2.05, 4.69) is 0 Å². The topological polar surface area (TPSA) is 89.4 Å². The van der Waals surface area contributed by atoms with Crippen LogP contribution >= 0.6 is 11.3 Å². The summed E-state index contributed by atoms with van der Waals surface area (Å²) in [5, 5.41) is 21.9. The van der Waals surface area contributed by atoms with E-state index in [0.29, 0.717) is 10.4 Å². The van der Waals surface area contributed by atoms with Gasteiger partial charge in [0.15, 0.2) is 0 Å². The van der Waals surface area contributed by atoms with Crippen molar-refractivity contribution in [1.82, 2.24) is 0 Å². The highest BCUT2D eigenvalue weighted by molar-refractivity contribution is 7.14. The molecule has 0 atom stereocenters. The maximum Gasteiger partial charge on any atom is 0.303 e. The van der Waals surface area contributed by atoms with Gasteiger partial charge in [-0.15, -0.1) is 11.3 Å². The first-order valence-corrected chi connectivity index (χ1v) is 5.70.